The molecule has 2 rings (SSSR count). The molecule has 0 unspecified atom stereocenters. The lowest BCUT2D eigenvalue weighted by molar-refractivity contribution is 0.820. The topological polar surface area (TPSA) is 52.6 Å². The molecule has 2 aromatic rings. The van der Waals surface area contributed by atoms with E-state index in [-0.39, 0.29) is 24.0 Å². The van der Waals surface area contributed by atoms with Gasteiger partial charge in [0.1, 0.15) is 5.82 Å². The lowest BCUT2D eigenvalue weighted by Crippen LogP contribution is -2.36. The van der Waals surface area contributed by atoms with E-state index in [1.807, 2.05) is 6.20 Å². The number of guanidine groups is 1. The summed E-state index contributed by atoms with van der Waals surface area (Å²) < 4.78 is 0. The molecule has 0 amide bonds. The van der Waals surface area contributed by atoms with Crippen LogP contribution in [0.2, 0.25) is 0 Å². The largest absolute Gasteiger partial charge is 0.357 e. The van der Waals surface area contributed by atoms with Crippen molar-refractivity contribution in [3.05, 3.63) is 46.3 Å². The average Bonchev–Trinajstić information content (AvgIpc) is 3.13. The minimum Gasteiger partial charge on any atom is -0.357 e. The molecule has 0 atom stereocenters. The van der Waals surface area contributed by atoms with E-state index >= 15 is 0 Å². The molecule has 2 N–H and O–H groups in total. The van der Waals surface area contributed by atoms with Crippen molar-refractivity contribution in [2.45, 2.75) is 33.9 Å². The second-order valence-electron chi connectivity index (χ2n) is 5.33. The first-order valence-corrected chi connectivity index (χ1v) is 9.39. The van der Waals surface area contributed by atoms with E-state index in [1.54, 1.807) is 11.3 Å². The molecule has 25 heavy (non-hydrogen) atoms. The van der Waals surface area contributed by atoms with Gasteiger partial charge in [0.05, 0.1) is 13.1 Å². The molecule has 0 saturated carbocycles. The van der Waals surface area contributed by atoms with Crippen molar-refractivity contribution < 1.29 is 0 Å². The monoisotopic (exact) mass is 473 g/mol. The van der Waals surface area contributed by atoms with Crippen LogP contribution < -0.4 is 15.5 Å². The first kappa shape index (κ1) is 21.7. The van der Waals surface area contributed by atoms with E-state index in [4.69, 9.17) is 0 Å². The maximum Gasteiger partial charge on any atom is 0.191 e. The molecule has 0 saturated heterocycles. The number of hydrogen-bond donors (Lipinski definition) is 2. The van der Waals surface area contributed by atoms with Crippen molar-refractivity contribution in [3.63, 3.8) is 0 Å². The van der Waals surface area contributed by atoms with E-state index in [2.05, 4.69) is 75.9 Å². The zero-order valence-electron chi connectivity index (χ0n) is 15.2. The van der Waals surface area contributed by atoms with Crippen LogP contribution in [0.4, 0.5) is 5.82 Å². The molecule has 7 heteroatoms. The van der Waals surface area contributed by atoms with Crippen LogP contribution in [-0.4, -0.2) is 30.6 Å². The van der Waals surface area contributed by atoms with E-state index < -0.39 is 0 Å². The summed E-state index contributed by atoms with van der Waals surface area (Å²) in [7, 11) is 0. The Morgan fingerprint density at radius 2 is 1.96 bits per heavy atom. The fourth-order valence-corrected chi connectivity index (χ4v) is 2.99. The summed E-state index contributed by atoms with van der Waals surface area (Å²) in [5.74, 6) is 1.86. The Bertz CT molecular complexity index is 609. The number of thiophene rings is 1. The van der Waals surface area contributed by atoms with Gasteiger partial charge in [-0.2, -0.15) is 0 Å². The lowest BCUT2D eigenvalue weighted by atomic mass is 10.3. The van der Waals surface area contributed by atoms with Crippen molar-refractivity contribution >= 4 is 47.1 Å². The molecular weight excluding hydrogens is 445 g/mol. The number of halogens is 1. The summed E-state index contributed by atoms with van der Waals surface area (Å²) in [6.07, 6.45) is 1.92. The number of anilines is 1. The van der Waals surface area contributed by atoms with Gasteiger partial charge in [-0.05, 0) is 43.8 Å². The highest BCUT2D eigenvalue weighted by Crippen LogP contribution is 2.11. The molecule has 0 spiro atoms. The molecule has 0 aliphatic rings. The summed E-state index contributed by atoms with van der Waals surface area (Å²) >= 11 is 1.75. The summed E-state index contributed by atoms with van der Waals surface area (Å²) in [5.41, 5.74) is 1.11. The smallest absolute Gasteiger partial charge is 0.191 e. The molecule has 5 nitrogen and oxygen atoms in total. The highest BCUT2D eigenvalue weighted by molar-refractivity contribution is 14.0. The van der Waals surface area contributed by atoms with Crippen molar-refractivity contribution in [1.82, 2.24) is 15.6 Å². The molecule has 0 aromatic carbocycles. The van der Waals surface area contributed by atoms with E-state index in [0.717, 1.165) is 43.5 Å². The summed E-state index contributed by atoms with van der Waals surface area (Å²) in [4.78, 5) is 12.7. The number of pyridine rings is 1. The SMILES string of the molecule is CCNC(=NCc1ccc(N(CC)CC)nc1)NCc1cccs1.I. The Hall–Kier alpha value is -1.35. The Kier molecular flexibility index (Phi) is 10.5. The van der Waals surface area contributed by atoms with Gasteiger partial charge >= 0.3 is 0 Å². The fraction of sp³-hybridized carbons (Fsp3) is 0.444. The molecule has 0 fully saturated rings. The van der Waals surface area contributed by atoms with E-state index in [1.165, 1.54) is 4.88 Å². The van der Waals surface area contributed by atoms with Gasteiger partial charge in [0, 0.05) is 30.7 Å². The van der Waals surface area contributed by atoms with Gasteiger partial charge in [-0.1, -0.05) is 12.1 Å². The summed E-state index contributed by atoms with van der Waals surface area (Å²) in [6.45, 7) is 10.6. The number of nitrogens with one attached hydrogen (secondary N) is 2. The molecule has 2 aromatic heterocycles. The zero-order chi connectivity index (χ0) is 17.2. The van der Waals surface area contributed by atoms with Gasteiger partial charge in [0.2, 0.25) is 0 Å². The average molecular weight is 473 g/mol. The highest BCUT2D eigenvalue weighted by Gasteiger charge is 2.03. The molecule has 0 aliphatic carbocycles. The van der Waals surface area contributed by atoms with Gasteiger partial charge in [-0.15, -0.1) is 35.3 Å². The van der Waals surface area contributed by atoms with Crippen LogP contribution in [0.5, 0.6) is 0 Å². The van der Waals surface area contributed by atoms with Crippen molar-refractivity contribution in [1.29, 1.82) is 0 Å². The number of nitrogens with zero attached hydrogens (tertiary/aromatic N) is 3. The van der Waals surface area contributed by atoms with Crippen LogP contribution >= 0.6 is 35.3 Å². The predicted octanol–water partition coefficient (Wildman–Crippen LogP) is 3.86. The van der Waals surface area contributed by atoms with E-state index in [9.17, 15) is 0 Å². The number of aromatic nitrogens is 1. The number of aliphatic imine (C=N–C) groups is 1. The predicted molar refractivity (Wildman–Crippen MR) is 119 cm³/mol. The molecule has 0 bridgehead atoms. The minimum absolute atomic E-state index is 0. The molecule has 138 valence electrons. The molecular formula is C18H28IN5S. The van der Waals surface area contributed by atoms with Gasteiger partial charge in [0.25, 0.3) is 0 Å². The molecule has 2 heterocycles. The van der Waals surface area contributed by atoms with Gasteiger partial charge in [-0.25, -0.2) is 9.98 Å². The molecule has 0 aliphatic heterocycles. The third-order valence-electron chi connectivity index (χ3n) is 3.67. The molecule has 0 radical (unpaired) electrons. The van der Waals surface area contributed by atoms with Crippen LogP contribution in [0, 0.1) is 0 Å². The van der Waals surface area contributed by atoms with Crippen LogP contribution in [-0.2, 0) is 13.1 Å². The third-order valence-corrected chi connectivity index (χ3v) is 4.55. The van der Waals surface area contributed by atoms with Gasteiger partial charge in [0.15, 0.2) is 5.96 Å². The maximum absolute atomic E-state index is 4.64. The Morgan fingerprint density at radius 3 is 2.52 bits per heavy atom. The first-order chi connectivity index (χ1) is 11.8. The Balaban J connectivity index is 0.00000312. The number of rotatable bonds is 8. The number of hydrogen-bond acceptors (Lipinski definition) is 4. The van der Waals surface area contributed by atoms with Gasteiger partial charge < -0.3 is 15.5 Å². The van der Waals surface area contributed by atoms with E-state index in [0.29, 0.717) is 6.54 Å². The van der Waals surface area contributed by atoms with Crippen LogP contribution in [0.15, 0.2) is 40.8 Å². The highest BCUT2D eigenvalue weighted by atomic mass is 127. The van der Waals surface area contributed by atoms with Gasteiger partial charge in [-0.3, -0.25) is 0 Å². The first-order valence-electron chi connectivity index (χ1n) is 8.51. The summed E-state index contributed by atoms with van der Waals surface area (Å²) in [5, 5.41) is 8.73. The van der Waals surface area contributed by atoms with Crippen LogP contribution in [0.25, 0.3) is 0 Å². The second kappa shape index (κ2) is 12.1. The second-order valence-corrected chi connectivity index (χ2v) is 6.36. The Labute approximate surface area is 172 Å². The van der Waals surface area contributed by atoms with Crippen molar-refractivity contribution in [2.75, 3.05) is 24.5 Å². The van der Waals surface area contributed by atoms with Crippen molar-refractivity contribution in [2.24, 2.45) is 4.99 Å². The zero-order valence-corrected chi connectivity index (χ0v) is 18.3. The summed E-state index contributed by atoms with van der Waals surface area (Å²) in [6, 6.07) is 8.36. The van der Waals surface area contributed by atoms with Crippen LogP contribution in [0.1, 0.15) is 31.2 Å². The fourth-order valence-electron chi connectivity index (χ4n) is 2.34. The Morgan fingerprint density at radius 1 is 1.16 bits per heavy atom. The van der Waals surface area contributed by atoms with Crippen LogP contribution in [0.3, 0.4) is 0 Å². The quantitative estimate of drug-likeness (QED) is 0.347. The van der Waals surface area contributed by atoms with Crippen molar-refractivity contribution in [3.8, 4) is 0 Å². The maximum atomic E-state index is 4.64. The normalized spacial score (nSPS) is 10.9. The lowest BCUT2D eigenvalue weighted by Gasteiger charge is -2.19. The standard InChI is InChI=1S/C18H27N5S.HI/c1-4-19-18(22-14-16-8-7-11-24-16)21-13-15-9-10-17(20-12-15)23(5-2)6-3;/h7-12H,4-6,13-14H2,1-3H3,(H2,19,21,22);1H. The third kappa shape index (κ3) is 7.19. The minimum atomic E-state index is 0.